The molecule has 6 heteroatoms. The molecule has 12 heavy (non-hydrogen) atoms. The number of hydrogen-bond acceptors (Lipinski definition) is 6. The van der Waals surface area contributed by atoms with Gasteiger partial charge >= 0.3 is 0 Å². The van der Waals surface area contributed by atoms with Gasteiger partial charge in [-0.25, -0.2) is 0 Å². The Morgan fingerprint density at radius 1 is 1.08 bits per heavy atom. The second-order valence-corrected chi connectivity index (χ2v) is 2.36. The molecule has 0 aliphatic heterocycles. The molecule has 0 fully saturated rings. The summed E-state index contributed by atoms with van der Waals surface area (Å²) in [4.78, 5) is 9.90. The SMILES string of the molecule is O=[13CH]C(O)C(O)C(O)C(O)CO. The number of hydrogen-bond donors (Lipinski definition) is 5. The van der Waals surface area contributed by atoms with Gasteiger partial charge in [-0.15, -0.1) is 0 Å². The van der Waals surface area contributed by atoms with Crippen LogP contribution in [0.5, 0.6) is 0 Å². The molecule has 0 amide bonds. The summed E-state index contributed by atoms with van der Waals surface area (Å²) in [6.07, 6.45) is -6.84. The van der Waals surface area contributed by atoms with Crippen molar-refractivity contribution in [2.45, 2.75) is 24.4 Å². The van der Waals surface area contributed by atoms with Crippen LogP contribution in [0.1, 0.15) is 0 Å². The molecule has 0 bridgehead atoms. The van der Waals surface area contributed by atoms with Crippen LogP contribution in [0.4, 0.5) is 0 Å². The smallest absolute Gasteiger partial charge is 0.151 e. The van der Waals surface area contributed by atoms with Crippen molar-refractivity contribution in [2.75, 3.05) is 6.61 Å². The number of carbonyl (C=O) groups is 1. The summed E-state index contributed by atoms with van der Waals surface area (Å²) >= 11 is 0. The molecule has 0 aromatic heterocycles. The van der Waals surface area contributed by atoms with E-state index in [1.54, 1.807) is 0 Å². The van der Waals surface area contributed by atoms with Crippen LogP contribution in [0.25, 0.3) is 0 Å². The molecule has 72 valence electrons. The molecule has 0 saturated heterocycles. The molecule has 0 aromatic rings. The van der Waals surface area contributed by atoms with Gasteiger partial charge < -0.3 is 30.3 Å². The van der Waals surface area contributed by atoms with Crippen molar-refractivity contribution in [3.05, 3.63) is 0 Å². The Morgan fingerprint density at radius 2 is 1.58 bits per heavy atom. The van der Waals surface area contributed by atoms with E-state index in [2.05, 4.69) is 0 Å². The molecular weight excluding hydrogens is 169 g/mol. The number of aliphatic hydroxyl groups excluding tert-OH is 5. The van der Waals surface area contributed by atoms with E-state index in [0.717, 1.165) is 0 Å². The first-order valence-corrected chi connectivity index (χ1v) is 3.33. The lowest BCUT2D eigenvalue weighted by molar-refractivity contribution is -0.136. The molecule has 0 radical (unpaired) electrons. The Labute approximate surface area is 68.7 Å². The zero-order chi connectivity index (χ0) is 9.72. The third-order valence-corrected chi connectivity index (χ3v) is 1.42. The van der Waals surface area contributed by atoms with Crippen LogP contribution >= 0.6 is 0 Å². The first kappa shape index (κ1) is 11.5. The largest absolute Gasteiger partial charge is 0.394 e. The molecule has 0 spiro atoms. The summed E-state index contributed by atoms with van der Waals surface area (Å²) in [5.74, 6) is 0. The highest BCUT2D eigenvalue weighted by Gasteiger charge is 2.29. The van der Waals surface area contributed by atoms with Crippen molar-refractivity contribution in [1.29, 1.82) is 0 Å². The Morgan fingerprint density at radius 3 is 1.92 bits per heavy atom. The highest BCUT2D eigenvalue weighted by Crippen LogP contribution is 2.02. The van der Waals surface area contributed by atoms with Gasteiger partial charge in [-0.1, -0.05) is 0 Å². The van der Waals surface area contributed by atoms with Crippen molar-refractivity contribution in [1.82, 2.24) is 0 Å². The van der Waals surface area contributed by atoms with Crippen LogP contribution in [0, 0.1) is 0 Å². The fraction of sp³-hybridized carbons (Fsp3) is 0.833. The summed E-state index contributed by atoms with van der Waals surface area (Å²) in [7, 11) is 0. The van der Waals surface area contributed by atoms with E-state index in [9.17, 15) is 4.79 Å². The molecule has 0 saturated carbocycles. The quantitative estimate of drug-likeness (QED) is 0.223. The van der Waals surface area contributed by atoms with Gasteiger partial charge in [-0.3, -0.25) is 0 Å². The van der Waals surface area contributed by atoms with E-state index >= 15 is 0 Å². The van der Waals surface area contributed by atoms with Crippen molar-refractivity contribution >= 4 is 6.29 Å². The Balaban J connectivity index is 4.07. The van der Waals surface area contributed by atoms with Gasteiger partial charge in [0, 0.05) is 0 Å². The minimum absolute atomic E-state index is 0.0258. The second kappa shape index (κ2) is 5.18. The normalized spacial score (nSPS) is 21.1. The van der Waals surface area contributed by atoms with Crippen LogP contribution in [-0.2, 0) is 4.79 Å². The van der Waals surface area contributed by atoms with Crippen LogP contribution < -0.4 is 0 Å². The predicted molar refractivity (Wildman–Crippen MR) is 37.2 cm³/mol. The lowest BCUT2D eigenvalue weighted by atomic mass is 10.1. The second-order valence-electron chi connectivity index (χ2n) is 2.36. The van der Waals surface area contributed by atoms with Gasteiger partial charge in [0.25, 0.3) is 0 Å². The van der Waals surface area contributed by atoms with E-state index in [-0.39, 0.29) is 6.29 Å². The monoisotopic (exact) mass is 181 g/mol. The van der Waals surface area contributed by atoms with Crippen molar-refractivity contribution in [3.63, 3.8) is 0 Å². The number of rotatable bonds is 5. The lowest BCUT2D eigenvalue weighted by Gasteiger charge is -2.22. The summed E-state index contributed by atoms with van der Waals surface area (Å²) < 4.78 is 0. The highest BCUT2D eigenvalue weighted by molar-refractivity contribution is 5.56. The Hall–Kier alpha value is -0.530. The first-order valence-electron chi connectivity index (χ1n) is 3.33. The van der Waals surface area contributed by atoms with Crippen LogP contribution in [0.2, 0.25) is 0 Å². The van der Waals surface area contributed by atoms with E-state index in [4.69, 9.17) is 25.5 Å². The van der Waals surface area contributed by atoms with Gasteiger partial charge in [0.15, 0.2) is 6.29 Å². The maximum absolute atomic E-state index is 9.90. The maximum atomic E-state index is 9.90. The molecule has 6 nitrogen and oxygen atoms in total. The van der Waals surface area contributed by atoms with Gasteiger partial charge in [0.2, 0.25) is 0 Å². The topological polar surface area (TPSA) is 118 Å². The third-order valence-electron chi connectivity index (χ3n) is 1.42. The fourth-order valence-corrected chi connectivity index (χ4v) is 0.618. The molecule has 0 rings (SSSR count). The fourth-order valence-electron chi connectivity index (χ4n) is 0.618. The van der Waals surface area contributed by atoms with Crippen LogP contribution in [-0.4, -0.2) is 62.8 Å². The average Bonchev–Trinajstić information content (AvgIpc) is 2.12. The molecule has 4 atom stereocenters. The minimum atomic E-state index is -1.79. The third kappa shape index (κ3) is 2.84. The van der Waals surface area contributed by atoms with Gasteiger partial charge in [-0.05, 0) is 0 Å². The predicted octanol–water partition coefficient (Wildman–Crippen LogP) is -3.38. The summed E-state index contributed by atoms with van der Waals surface area (Å²) in [6.45, 7) is -0.760. The molecular formula is C6H12O6. The lowest BCUT2D eigenvalue weighted by Crippen LogP contribution is -2.46. The van der Waals surface area contributed by atoms with Gasteiger partial charge in [0.05, 0.1) is 6.61 Å². The highest BCUT2D eigenvalue weighted by atomic mass is 16.4. The minimum Gasteiger partial charge on any atom is -0.394 e. The van der Waals surface area contributed by atoms with E-state index in [0.29, 0.717) is 0 Å². The zero-order valence-electron chi connectivity index (χ0n) is 6.24. The standard InChI is InChI=1S/C6H12O6/c7-1-3(9)5(11)6(12)4(10)2-8/h1,3-6,8-12H,2H2/i1+1. The molecule has 0 aliphatic rings. The maximum Gasteiger partial charge on any atom is 0.151 e. The van der Waals surface area contributed by atoms with E-state index in [1.165, 1.54) is 0 Å². The van der Waals surface area contributed by atoms with Gasteiger partial charge in [-0.2, -0.15) is 0 Å². The molecule has 0 aromatic carbocycles. The number of carbonyl (C=O) groups excluding carboxylic acids is 1. The van der Waals surface area contributed by atoms with Crippen LogP contribution in [0.15, 0.2) is 0 Å². The van der Waals surface area contributed by atoms with Crippen LogP contribution in [0.3, 0.4) is 0 Å². The molecule has 5 N–H and O–H groups in total. The summed E-state index contributed by atoms with van der Waals surface area (Å²) in [5.41, 5.74) is 0. The molecule has 0 heterocycles. The van der Waals surface area contributed by atoms with Crippen molar-refractivity contribution < 1.29 is 30.3 Å². The zero-order valence-corrected chi connectivity index (χ0v) is 6.24. The summed E-state index contributed by atoms with van der Waals surface area (Å²) in [6, 6.07) is 0. The molecule has 0 aliphatic carbocycles. The average molecular weight is 181 g/mol. The van der Waals surface area contributed by atoms with Crippen molar-refractivity contribution in [2.24, 2.45) is 0 Å². The Bertz CT molecular complexity index is 138. The van der Waals surface area contributed by atoms with Crippen molar-refractivity contribution in [3.8, 4) is 0 Å². The first-order chi connectivity index (χ1) is 5.54. The van der Waals surface area contributed by atoms with E-state index in [1.807, 2.05) is 0 Å². The molecule has 4 unspecified atom stereocenters. The number of aldehydes is 1. The number of aliphatic hydroxyl groups is 5. The summed E-state index contributed by atoms with van der Waals surface area (Å²) in [5, 5.41) is 43.5. The van der Waals surface area contributed by atoms with E-state index < -0.39 is 31.0 Å². The Kier molecular flexibility index (Phi) is 4.95. The van der Waals surface area contributed by atoms with Gasteiger partial charge in [0.1, 0.15) is 24.4 Å².